The van der Waals surface area contributed by atoms with E-state index < -0.39 is 84.3 Å². The van der Waals surface area contributed by atoms with E-state index in [2.05, 4.69) is 28.2 Å². The standard InChI is InChI=1S/C36H66N6O8/c1-9-11-12-13-14-15-16-17-18-28-24(6)36(49)42(8)27(19-22(3)4)33(46)40-30(23(5)10-2)35(48)39-26(20-37)32(45)41-31(25(7)43)34(47)38-21-29(44)50-28/h22-28,30-31,43H,9-21,37H2,1-8H3,(H,38,47)(H,39,48)(H,40,46)(H,41,45)/t23-,24?,25+,26?,27?,28?,30?,31?/m1/s1. The smallest absolute Gasteiger partial charge is 0.325 e. The van der Waals surface area contributed by atoms with Crippen LogP contribution >= 0.6 is 0 Å². The van der Waals surface area contributed by atoms with E-state index in [1.807, 2.05) is 20.8 Å². The topological polar surface area (TPSA) is 209 Å². The molecule has 0 radical (unpaired) electrons. The molecule has 14 nitrogen and oxygen atoms in total. The van der Waals surface area contributed by atoms with Crippen LogP contribution in [0.25, 0.3) is 0 Å². The van der Waals surface area contributed by atoms with Gasteiger partial charge in [-0.25, -0.2) is 0 Å². The Bertz CT molecular complexity index is 1100. The Balaban J connectivity index is 3.50. The summed E-state index contributed by atoms with van der Waals surface area (Å²) in [4.78, 5) is 82.2. The first-order valence-electron chi connectivity index (χ1n) is 18.6. The first kappa shape index (κ1) is 44.8. The van der Waals surface area contributed by atoms with Gasteiger partial charge in [0.2, 0.25) is 29.5 Å². The third-order valence-electron chi connectivity index (χ3n) is 9.52. The molecular formula is C36H66N6O8. The van der Waals surface area contributed by atoms with Crippen molar-refractivity contribution in [3.05, 3.63) is 0 Å². The van der Waals surface area contributed by atoms with E-state index in [1.54, 1.807) is 13.8 Å². The number of hydrogen-bond acceptors (Lipinski definition) is 9. The molecule has 5 amide bonds. The van der Waals surface area contributed by atoms with Crippen LogP contribution in [0, 0.1) is 17.8 Å². The van der Waals surface area contributed by atoms with Gasteiger partial charge in [-0.05, 0) is 38.0 Å². The number of aliphatic hydroxyl groups excluding tert-OH is 1. The number of nitrogens with zero attached hydrogens (tertiary/aromatic N) is 1. The molecule has 1 heterocycles. The molecule has 288 valence electrons. The monoisotopic (exact) mass is 710 g/mol. The van der Waals surface area contributed by atoms with Gasteiger partial charge >= 0.3 is 5.97 Å². The van der Waals surface area contributed by atoms with Gasteiger partial charge < -0.3 is 41.7 Å². The van der Waals surface area contributed by atoms with E-state index in [-0.39, 0.29) is 18.4 Å². The molecule has 1 saturated heterocycles. The first-order valence-corrected chi connectivity index (χ1v) is 18.6. The lowest BCUT2D eigenvalue weighted by Crippen LogP contribution is -2.62. The summed E-state index contributed by atoms with van der Waals surface area (Å²) >= 11 is 0. The molecule has 14 heteroatoms. The molecule has 0 saturated carbocycles. The number of unbranched alkanes of at least 4 members (excludes halogenated alkanes) is 7. The van der Waals surface area contributed by atoms with E-state index in [0.29, 0.717) is 25.7 Å². The average Bonchev–Trinajstić information content (AvgIpc) is 3.07. The van der Waals surface area contributed by atoms with Gasteiger partial charge in [0, 0.05) is 13.6 Å². The number of ether oxygens (including phenoxy) is 1. The lowest BCUT2D eigenvalue weighted by Gasteiger charge is -2.34. The molecule has 0 bridgehead atoms. The Kier molecular flexibility index (Phi) is 20.8. The van der Waals surface area contributed by atoms with Gasteiger partial charge in [-0.15, -0.1) is 0 Å². The lowest BCUT2D eigenvalue weighted by molar-refractivity contribution is -0.157. The van der Waals surface area contributed by atoms with Gasteiger partial charge in [-0.3, -0.25) is 28.8 Å². The van der Waals surface area contributed by atoms with Gasteiger partial charge in [-0.1, -0.05) is 92.9 Å². The van der Waals surface area contributed by atoms with Crippen molar-refractivity contribution in [2.75, 3.05) is 20.1 Å². The molecule has 0 aliphatic carbocycles. The molecule has 0 spiro atoms. The zero-order chi connectivity index (χ0) is 38.0. The number of cyclic esters (lactones) is 1. The largest absolute Gasteiger partial charge is 0.460 e. The van der Waals surface area contributed by atoms with Gasteiger partial charge in [0.05, 0.1) is 12.0 Å². The highest BCUT2D eigenvalue weighted by molar-refractivity contribution is 5.96. The second-order valence-corrected chi connectivity index (χ2v) is 14.3. The van der Waals surface area contributed by atoms with E-state index in [1.165, 1.54) is 38.1 Å². The van der Waals surface area contributed by atoms with Crippen LogP contribution < -0.4 is 27.0 Å². The van der Waals surface area contributed by atoms with E-state index in [0.717, 1.165) is 25.7 Å². The number of aliphatic hydroxyl groups is 1. The van der Waals surface area contributed by atoms with Gasteiger partial charge in [0.15, 0.2) is 0 Å². The zero-order valence-electron chi connectivity index (χ0n) is 31.7. The van der Waals surface area contributed by atoms with Crippen LogP contribution in [0.4, 0.5) is 0 Å². The third-order valence-corrected chi connectivity index (χ3v) is 9.52. The Hall–Kier alpha value is -3.26. The molecule has 1 aliphatic rings. The molecule has 7 N–H and O–H groups in total. The Labute approximate surface area is 299 Å². The number of amides is 5. The Morgan fingerprint density at radius 2 is 1.40 bits per heavy atom. The fourth-order valence-corrected chi connectivity index (χ4v) is 5.99. The lowest BCUT2D eigenvalue weighted by atomic mass is 9.94. The predicted octanol–water partition coefficient (Wildman–Crippen LogP) is 1.91. The summed E-state index contributed by atoms with van der Waals surface area (Å²) in [5.74, 6) is -5.25. The zero-order valence-corrected chi connectivity index (χ0v) is 31.7. The summed E-state index contributed by atoms with van der Waals surface area (Å²) < 4.78 is 5.80. The Morgan fingerprint density at radius 1 is 0.820 bits per heavy atom. The van der Waals surface area contributed by atoms with Crippen LogP contribution in [0.3, 0.4) is 0 Å². The van der Waals surface area contributed by atoms with Crippen molar-refractivity contribution in [3.63, 3.8) is 0 Å². The summed E-state index contributed by atoms with van der Waals surface area (Å²) in [7, 11) is 1.53. The van der Waals surface area contributed by atoms with Crippen molar-refractivity contribution < 1.29 is 38.6 Å². The minimum atomic E-state index is -1.48. The summed E-state index contributed by atoms with van der Waals surface area (Å²) in [6, 6.07) is -4.79. The van der Waals surface area contributed by atoms with Gasteiger partial charge in [0.25, 0.3) is 0 Å². The highest BCUT2D eigenvalue weighted by Crippen LogP contribution is 2.22. The Morgan fingerprint density at radius 3 is 1.94 bits per heavy atom. The van der Waals surface area contributed by atoms with Crippen LogP contribution in [-0.4, -0.2) is 102 Å². The van der Waals surface area contributed by atoms with Crippen LogP contribution in [-0.2, 0) is 33.5 Å². The van der Waals surface area contributed by atoms with Crippen molar-refractivity contribution >= 4 is 35.5 Å². The van der Waals surface area contributed by atoms with Crippen LogP contribution in [0.5, 0.6) is 0 Å². The summed E-state index contributed by atoms with van der Waals surface area (Å²) in [6.45, 7) is 11.7. The SMILES string of the molecule is CCCCCCCCCCC1OC(=O)CNC(=O)C([C@H](C)O)NC(=O)C(CN)NC(=O)C([C@H](C)CC)NC(=O)C(CC(C)C)N(C)C(=O)C1C. The third kappa shape index (κ3) is 14.9. The van der Waals surface area contributed by atoms with E-state index >= 15 is 0 Å². The highest BCUT2D eigenvalue weighted by atomic mass is 16.5. The quantitative estimate of drug-likeness (QED) is 0.108. The number of carbonyl (C=O) groups is 6. The molecule has 1 rings (SSSR count). The maximum Gasteiger partial charge on any atom is 0.325 e. The second-order valence-electron chi connectivity index (χ2n) is 14.3. The molecule has 1 fully saturated rings. The highest BCUT2D eigenvalue weighted by Gasteiger charge is 2.38. The molecule has 0 aromatic heterocycles. The van der Waals surface area contributed by atoms with Gasteiger partial charge in [-0.2, -0.15) is 0 Å². The number of esters is 1. The fourth-order valence-electron chi connectivity index (χ4n) is 5.99. The minimum Gasteiger partial charge on any atom is -0.460 e. The molecular weight excluding hydrogens is 644 g/mol. The maximum atomic E-state index is 14.0. The molecule has 8 atom stereocenters. The van der Waals surface area contributed by atoms with Crippen LogP contribution in [0.1, 0.15) is 119 Å². The second kappa shape index (κ2) is 23.3. The number of nitrogens with two attached hydrogens (primary N) is 1. The van der Waals surface area contributed by atoms with Crippen LogP contribution in [0.15, 0.2) is 0 Å². The van der Waals surface area contributed by atoms with Crippen molar-refractivity contribution in [3.8, 4) is 0 Å². The fraction of sp³-hybridized carbons (Fsp3) is 0.833. The molecule has 0 aromatic rings. The summed E-state index contributed by atoms with van der Waals surface area (Å²) in [5.41, 5.74) is 5.83. The first-order chi connectivity index (χ1) is 23.6. The van der Waals surface area contributed by atoms with Gasteiger partial charge in [0.1, 0.15) is 36.8 Å². The summed E-state index contributed by atoms with van der Waals surface area (Å²) in [6.07, 6.45) is 7.46. The molecule has 6 unspecified atom stereocenters. The number of likely N-dealkylation sites (N-methyl/N-ethyl adjacent to an activating group) is 1. The normalized spacial score (nSPS) is 26.5. The minimum absolute atomic E-state index is 0.00975. The van der Waals surface area contributed by atoms with Crippen molar-refractivity contribution in [1.82, 2.24) is 26.2 Å². The van der Waals surface area contributed by atoms with Crippen molar-refractivity contribution in [2.45, 2.75) is 155 Å². The number of carbonyl (C=O) groups excluding carboxylic acids is 6. The molecule has 50 heavy (non-hydrogen) atoms. The average molecular weight is 711 g/mol. The number of rotatable bonds is 15. The van der Waals surface area contributed by atoms with E-state index in [9.17, 15) is 33.9 Å². The number of nitrogens with one attached hydrogen (secondary N) is 4. The maximum absolute atomic E-state index is 14.0. The predicted molar refractivity (Wildman–Crippen MR) is 191 cm³/mol. The molecule has 0 aromatic carbocycles. The van der Waals surface area contributed by atoms with E-state index in [4.69, 9.17) is 10.5 Å². The van der Waals surface area contributed by atoms with Crippen molar-refractivity contribution in [2.24, 2.45) is 23.5 Å². The van der Waals surface area contributed by atoms with Crippen LogP contribution in [0.2, 0.25) is 0 Å². The summed E-state index contributed by atoms with van der Waals surface area (Å²) in [5, 5.41) is 20.5. The number of hydrogen-bond donors (Lipinski definition) is 6. The van der Waals surface area contributed by atoms with Crippen molar-refractivity contribution in [1.29, 1.82) is 0 Å². The molecule has 1 aliphatic heterocycles.